The summed E-state index contributed by atoms with van der Waals surface area (Å²) in [5, 5.41) is 4.03. The van der Waals surface area contributed by atoms with E-state index in [2.05, 4.69) is 19.6 Å². The third kappa shape index (κ3) is 4.77. The van der Waals surface area contributed by atoms with E-state index in [0.717, 1.165) is 23.8 Å². The van der Waals surface area contributed by atoms with Crippen LogP contribution in [0.2, 0.25) is 0 Å². The van der Waals surface area contributed by atoms with Crippen molar-refractivity contribution in [2.24, 2.45) is 10.3 Å². The molecule has 2 fully saturated rings. The molecule has 2 aliphatic rings. The van der Waals surface area contributed by atoms with Crippen molar-refractivity contribution in [2.45, 2.75) is 32.8 Å². The molecule has 0 unspecified atom stereocenters. The van der Waals surface area contributed by atoms with Gasteiger partial charge in [0.2, 0.25) is 0 Å². The van der Waals surface area contributed by atoms with Gasteiger partial charge in [-0.2, -0.15) is 4.36 Å². The van der Waals surface area contributed by atoms with Gasteiger partial charge in [-0.25, -0.2) is 18.6 Å². The molecule has 2 atom stereocenters. The van der Waals surface area contributed by atoms with Gasteiger partial charge in [0, 0.05) is 34.4 Å². The lowest BCUT2D eigenvalue weighted by atomic mass is 10.1. The van der Waals surface area contributed by atoms with E-state index >= 15 is 0 Å². The monoisotopic (exact) mass is 500 g/mol. The molecule has 3 heterocycles. The second kappa shape index (κ2) is 9.58. The number of nitrogens with zero attached hydrogens (tertiary/aromatic N) is 3. The summed E-state index contributed by atoms with van der Waals surface area (Å²) < 4.78 is 49.1. The number of fused-ring (bicyclic) bond motifs is 1. The average Bonchev–Trinajstić information content (AvgIpc) is 3.43. The topological polar surface area (TPSA) is 94.9 Å². The van der Waals surface area contributed by atoms with Crippen LogP contribution in [0.3, 0.4) is 0 Å². The number of rotatable bonds is 6. The van der Waals surface area contributed by atoms with Crippen molar-refractivity contribution < 1.29 is 22.8 Å². The first kappa shape index (κ1) is 23.7. The molecule has 0 radical (unpaired) electrons. The van der Waals surface area contributed by atoms with E-state index in [1.807, 2.05) is 13.8 Å². The Balaban J connectivity index is 1.57. The number of nitrogens with one attached hydrogen (secondary N) is 1. The van der Waals surface area contributed by atoms with E-state index in [1.165, 1.54) is 18.5 Å². The van der Waals surface area contributed by atoms with Crippen LogP contribution in [-0.2, 0) is 14.5 Å². The van der Waals surface area contributed by atoms with Gasteiger partial charge in [-0.1, -0.05) is 6.92 Å². The SMILES string of the molecule is COc1c(N=S2(=O)CCCC2)cc2ncnc(Nc3ccc(F)cc3O[C@H]3COC[C@@H]3C)c2c1C. The molecule has 35 heavy (non-hydrogen) atoms. The van der Waals surface area contributed by atoms with E-state index in [1.54, 1.807) is 19.2 Å². The van der Waals surface area contributed by atoms with E-state index < -0.39 is 15.5 Å². The van der Waals surface area contributed by atoms with Gasteiger partial charge >= 0.3 is 0 Å². The number of hydrogen-bond acceptors (Lipinski definition) is 8. The Labute approximate surface area is 204 Å². The van der Waals surface area contributed by atoms with Crippen molar-refractivity contribution in [3.05, 3.63) is 42.0 Å². The van der Waals surface area contributed by atoms with Gasteiger partial charge in [0.25, 0.3) is 0 Å². The number of aromatic nitrogens is 2. The molecule has 5 rings (SSSR count). The Kier molecular flexibility index (Phi) is 6.50. The van der Waals surface area contributed by atoms with E-state index in [0.29, 0.717) is 58.9 Å². The van der Waals surface area contributed by atoms with E-state index in [-0.39, 0.29) is 12.0 Å². The minimum atomic E-state index is -2.29. The number of halogens is 1. The summed E-state index contributed by atoms with van der Waals surface area (Å²) in [6, 6.07) is 6.15. The molecule has 2 aliphatic heterocycles. The number of ether oxygens (including phenoxy) is 3. The molecule has 0 bridgehead atoms. The highest BCUT2D eigenvalue weighted by molar-refractivity contribution is 7.93. The summed E-state index contributed by atoms with van der Waals surface area (Å²) in [6.45, 7) is 5.01. The molecule has 8 nitrogen and oxygen atoms in total. The molecule has 3 aromatic rings. The van der Waals surface area contributed by atoms with Crippen molar-refractivity contribution in [3.63, 3.8) is 0 Å². The van der Waals surface area contributed by atoms with Crippen molar-refractivity contribution in [3.8, 4) is 11.5 Å². The highest BCUT2D eigenvalue weighted by Gasteiger charge is 2.27. The largest absolute Gasteiger partial charge is 0.494 e. The number of aryl methyl sites for hydroxylation is 1. The van der Waals surface area contributed by atoms with Crippen LogP contribution in [0.1, 0.15) is 25.3 Å². The van der Waals surface area contributed by atoms with E-state index in [4.69, 9.17) is 14.2 Å². The van der Waals surface area contributed by atoms with Crippen LogP contribution in [0.15, 0.2) is 35.0 Å². The van der Waals surface area contributed by atoms with Crippen LogP contribution in [-0.4, -0.2) is 52.1 Å². The van der Waals surface area contributed by atoms with Crippen LogP contribution < -0.4 is 14.8 Å². The fourth-order valence-corrected chi connectivity index (χ4v) is 6.80. The summed E-state index contributed by atoms with van der Waals surface area (Å²) in [5.74, 6) is 2.45. The van der Waals surface area contributed by atoms with Crippen molar-refractivity contribution >= 4 is 37.8 Å². The Morgan fingerprint density at radius 1 is 1.20 bits per heavy atom. The lowest BCUT2D eigenvalue weighted by molar-refractivity contribution is 0.138. The first-order chi connectivity index (χ1) is 16.9. The lowest BCUT2D eigenvalue weighted by Gasteiger charge is -2.20. The molecule has 2 aromatic carbocycles. The highest BCUT2D eigenvalue weighted by atomic mass is 32.2. The van der Waals surface area contributed by atoms with Crippen LogP contribution >= 0.6 is 0 Å². The maximum atomic E-state index is 14.1. The van der Waals surface area contributed by atoms with Crippen LogP contribution in [0, 0.1) is 18.7 Å². The predicted molar refractivity (Wildman–Crippen MR) is 134 cm³/mol. The van der Waals surface area contributed by atoms with Gasteiger partial charge < -0.3 is 19.5 Å². The van der Waals surface area contributed by atoms with Gasteiger partial charge in [0.05, 0.1) is 41.3 Å². The fraction of sp³-hybridized carbons (Fsp3) is 0.440. The molecule has 0 aliphatic carbocycles. The van der Waals surface area contributed by atoms with Gasteiger partial charge in [-0.3, -0.25) is 0 Å². The summed E-state index contributed by atoms with van der Waals surface area (Å²) >= 11 is 0. The van der Waals surface area contributed by atoms with Gasteiger partial charge in [0.1, 0.15) is 41.3 Å². The zero-order valence-electron chi connectivity index (χ0n) is 20.0. The smallest absolute Gasteiger partial charge is 0.149 e. The van der Waals surface area contributed by atoms with Gasteiger partial charge in [-0.05, 0) is 38.0 Å². The van der Waals surface area contributed by atoms with Gasteiger partial charge in [-0.15, -0.1) is 0 Å². The first-order valence-corrected chi connectivity index (χ1v) is 13.6. The zero-order chi connectivity index (χ0) is 24.6. The molecule has 0 saturated carbocycles. The lowest BCUT2D eigenvalue weighted by Crippen LogP contribution is -2.23. The molecule has 1 N–H and O–H groups in total. The summed E-state index contributed by atoms with van der Waals surface area (Å²) in [7, 11) is -0.714. The molecule has 0 amide bonds. The van der Waals surface area contributed by atoms with Crippen molar-refractivity contribution in [2.75, 3.05) is 37.1 Å². The number of hydrogen-bond donors (Lipinski definition) is 1. The number of methoxy groups -OCH3 is 1. The summed E-state index contributed by atoms with van der Waals surface area (Å²) in [5.41, 5.74) is 2.53. The van der Waals surface area contributed by atoms with Crippen LogP contribution in [0.4, 0.5) is 21.6 Å². The fourth-order valence-electron chi connectivity index (χ4n) is 4.61. The van der Waals surface area contributed by atoms with Crippen molar-refractivity contribution in [1.82, 2.24) is 9.97 Å². The Hall–Kier alpha value is -2.98. The average molecular weight is 501 g/mol. The third-order valence-electron chi connectivity index (χ3n) is 6.52. The number of benzene rings is 2. The first-order valence-electron chi connectivity index (χ1n) is 11.7. The van der Waals surface area contributed by atoms with Crippen molar-refractivity contribution in [1.29, 1.82) is 0 Å². The van der Waals surface area contributed by atoms with Crippen LogP contribution in [0.5, 0.6) is 11.5 Å². The Morgan fingerprint density at radius 2 is 2.00 bits per heavy atom. The molecule has 2 saturated heterocycles. The Morgan fingerprint density at radius 3 is 2.71 bits per heavy atom. The minimum Gasteiger partial charge on any atom is -0.494 e. The van der Waals surface area contributed by atoms with E-state index in [9.17, 15) is 8.60 Å². The maximum absolute atomic E-state index is 14.1. The normalized spacial score (nSPS) is 21.3. The number of anilines is 2. The second-order valence-corrected chi connectivity index (χ2v) is 11.6. The molecule has 1 aromatic heterocycles. The minimum absolute atomic E-state index is 0.164. The summed E-state index contributed by atoms with van der Waals surface area (Å²) in [4.78, 5) is 8.90. The zero-order valence-corrected chi connectivity index (χ0v) is 20.9. The molecule has 186 valence electrons. The molecular weight excluding hydrogens is 471 g/mol. The quantitative estimate of drug-likeness (QED) is 0.501. The third-order valence-corrected chi connectivity index (χ3v) is 8.90. The predicted octanol–water partition coefficient (Wildman–Crippen LogP) is 5.14. The van der Waals surface area contributed by atoms with Crippen LogP contribution in [0.25, 0.3) is 10.9 Å². The Bertz CT molecular complexity index is 1380. The maximum Gasteiger partial charge on any atom is 0.149 e. The standard InChI is InChI=1S/C25H29FN4O4S/c1-15-12-33-13-22(15)34-21-10-17(26)6-7-18(21)29-25-23-16(2)24(32-3)20(11-19(23)27-14-28-25)30-35(31)8-4-5-9-35/h6-7,10-11,14-15,22H,4-5,8-9,12-13H2,1-3H3,(H,27,28,29)/t15-,22-/m0/s1. The molecule has 10 heteroatoms. The second-order valence-electron chi connectivity index (χ2n) is 9.09. The summed E-state index contributed by atoms with van der Waals surface area (Å²) in [6.07, 6.45) is 3.12. The molecular formula is C25H29FN4O4S. The van der Waals surface area contributed by atoms with Gasteiger partial charge in [0.15, 0.2) is 0 Å². The highest BCUT2D eigenvalue weighted by Crippen LogP contribution is 2.41. The molecule has 0 spiro atoms.